The van der Waals surface area contributed by atoms with E-state index in [0.717, 1.165) is 4.68 Å². The average Bonchev–Trinajstić information content (AvgIpc) is 2.58. The molecular weight excluding hydrogens is 328 g/mol. The highest BCUT2D eigenvalue weighted by Gasteiger charge is 2.20. The van der Waals surface area contributed by atoms with Gasteiger partial charge in [-0.3, -0.25) is 4.79 Å². The normalized spacial score (nSPS) is 12.1. The van der Waals surface area contributed by atoms with Crippen LogP contribution in [0, 0.1) is 0 Å². The highest BCUT2D eigenvalue weighted by atomic mass is 35.5. The van der Waals surface area contributed by atoms with E-state index in [0.29, 0.717) is 21.4 Å². The van der Waals surface area contributed by atoms with Crippen LogP contribution in [0.15, 0.2) is 53.3 Å². The molecule has 2 aromatic carbocycles. The fraction of sp³-hybridized carbons (Fsp3) is 0.167. The predicted octanol–water partition coefficient (Wildman–Crippen LogP) is 3.50. The Morgan fingerprint density at radius 1 is 1.12 bits per heavy atom. The monoisotopic (exact) mass is 342 g/mol. The van der Waals surface area contributed by atoms with E-state index in [1.165, 1.54) is 7.05 Å². The Morgan fingerprint density at radius 3 is 2.46 bits per heavy atom. The fourth-order valence-corrected chi connectivity index (χ4v) is 2.82. The van der Waals surface area contributed by atoms with Crippen LogP contribution in [0.5, 0.6) is 0 Å². The number of nitrogens with zero attached hydrogens (tertiary/aromatic N) is 2. The molecule has 3 aromatic rings. The van der Waals surface area contributed by atoms with Gasteiger partial charge in [-0.2, -0.15) is 5.10 Å². The van der Waals surface area contributed by atoms with Gasteiger partial charge in [0.05, 0.1) is 5.39 Å². The third-order valence-corrected chi connectivity index (χ3v) is 4.12. The van der Waals surface area contributed by atoms with Gasteiger partial charge in [0.25, 0.3) is 5.56 Å². The van der Waals surface area contributed by atoms with E-state index >= 15 is 0 Å². The van der Waals surface area contributed by atoms with Crippen molar-refractivity contribution in [2.45, 2.75) is 13.0 Å². The molecule has 5 nitrogen and oxygen atoms in total. The third kappa shape index (κ3) is 2.90. The van der Waals surface area contributed by atoms with Crippen LogP contribution >= 0.6 is 11.6 Å². The average molecular weight is 343 g/mol. The van der Waals surface area contributed by atoms with E-state index in [4.69, 9.17) is 16.3 Å². The van der Waals surface area contributed by atoms with Crippen LogP contribution in [0.4, 0.5) is 0 Å². The maximum Gasteiger partial charge on any atom is 0.360 e. The van der Waals surface area contributed by atoms with Crippen molar-refractivity contribution in [1.82, 2.24) is 9.78 Å². The molecule has 0 radical (unpaired) electrons. The van der Waals surface area contributed by atoms with Gasteiger partial charge in [0.15, 0.2) is 5.69 Å². The van der Waals surface area contributed by atoms with Crippen molar-refractivity contribution >= 4 is 28.3 Å². The lowest BCUT2D eigenvalue weighted by atomic mass is 10.1. The fourth-order valence-electron chi connectivity index (χ4n) is 2.54. The molecule has 0 N–H and O–H groups in total. The molecule has 1 unspecified atom stereocenters. The Labute approximate surface area is 143 Å². The molecule has 0 amide bonds. The van der Waals surface area contributed by atoms with Crippen molar-refractivity contribution in [2.75, 3.05) is 0 Å². The van der Waals surface area contributed by atoms with E-state index < -0.39 is 12.1 Å². The molecule has 0 fully saturated rings. The largest absolute Gasteiger partial charge is 0.453 e. The molecule has 0 saturated heterocycles. The molecule has 1 heterocycles. The summed E-state index contributed by atoms with van der Waals surface area (Å²) in [6.45, 7) is 1.74. The van der Waals surface area contributed by atoms with Gasteiger partial charge < -0.3 is 4.74 Å². The first-order valence-corrected chi connectivity index (χ1v) is 7.78. The lowest BCUT2D eigenvalue weighted by molar-refractivity contribution is 0.0331. The number of fused-ring (bicyclic) bond motifs is 1. The van der Waals surface area contributed by atoms with E-state index in [1.54, 1.807) is 43.3 Å². The molecule has 6 heteroatoms. The van der Waals surface area contributed by atoms with Crippen LogP contribution in [0.2, 0.25) is 5.02 Å². The van der Waals surface area contributed by atoms with Crippen LogP contribution in [0.3, 0.4) is 0 Å². The maximum atomic E-state index is 12.6. The minimum absolute atomic E-state index is 0.103. The van der Waals surface area contributed by atoms with Crippen LogP contribution in [-0.2, 0) is 11.8 Å². The van der Waals surface area contributed by atoms with Gasteiger partial charge in [-0.15, -0.1) is 0 Å². The standard InChI is InChI=1S/C18H15ClN2O3/c1-11(12-7-5-6-10-15(12)19)24-18(23)16-13-8-3-4-9-14(13)17(22)21(2)20-16/h3-11H,1-2H3. The number of aryl methyl sites for hydroxylation is 1. The van der Waals surface area contributed by atoms with Crippen LogP contribution in [-0.4, -0.2) is 15.7 Å². The summed E-state index contributed by atoms with van der Waals surface area (Å²) in [5, 5.41) is 5.48. The number of rotatable bonds is 3. The zero-order valence-electron chi connectivity index (χ0n) is 13.2. The van der Waals surface area contributed by atoms with Crippen molar-refractivity contribution in [2.24, 2.45) is 7.05 Å². The molecule has 1 aromatic heterocycles. The Kier molecular flexibility index (Phi) is 4.36. The van der Waals surface area contributed by atoms with Crippen molar-refractivity contribution < 1.29 is 9.53 Å². The second-order valence-electron chi connectivity index (χ2n) is 5.39. The number of halogens is 1. The molecule has 0 aliphatic rings. The van der Waals surface area contributed by atoms with E-state index in [1.807, 2.05) is 12.1 Å². The number of carbonyl (C=O) groups excluding carboxylic acids is 1. The van der Waals surface area contributed by atoms with Gasteiger partial charge in [-0.25, -0.2) is 9.48 Å². The Bertz CT molecular complexity index is 981. The number of esters is 1. The number of benzene rings is 2. The van der Waals surface area contributed by atoms with Crippen LogP contribution < -0.4 is 5.56 Å². The number of aromatic nitrogens is 2. The molecule has 3 rings (SSSR count). The number of ether oxygens (including phenoxy) is 1. The van der Waals surface area contributed by atoms with Crippen molar-refractivity contribution in [3.8, 4) is 0 Å². The molecule has 122 valence electrons. The first-order chi connectivity index (χ1) is 11.5. The summed E-state index contributed by atoms with van der Waals surface area (Å²) >= 11 is 6.14. The molecule has 0 bridgehead atoms. The number of carbonyl (C=O) groups is 1. The summed E-state index contributed by atoms with van der Waals surface area (Å²) in [6, 6.07) is 14.0. The highest BCUT2D eigenvalue weighted by Crippen LogP contribution is 2.26. The summed E-state index contributed by atoms with van der Waals surface area (Å²) in [5.74, 6) is -0.603. The summed E-state index contributed by atoms with van der Waals surface area (Å²) in [7, 11) is 1.50. The van der Waals surface area contributed by atoms with Gasteiger partial charge >= 0.3 is 5.97 Å². The van der Waals surface area contributed by atoms with Crippen molar-refractivity contribution in [3.05, 3.63) is 75.2 Å². The minimum atomic E-state index is -0.603. The summed E-state index contributed by atoms with van der Waals surface area (Å²) < 4.78 is 6.64. The molecule has 0 aliphatic carbocycles. The number of hydrogen-bond donors (Lipinski definition) is 0. The first kappa shape index (κ1) is 16.2. The molecular formula is C18H15ClN2O3. The quantitative estimate of drug-likeness (QED) is 0.683. The lowest BCUT2D eigenvalue weighted by Gasteiger charge is -2.15. The predicted molar refractivity (Wildman–Crippen MR) is 92.3 cm³/mol. The van der Waals surface area contributed by atoms with E-state index in [2.05, 4.69) is 5.10 Å². The maximum absolute atomic E-state index is 12.6. The zero-order chi connectivity index (χ0) is 17.3. The molecule has 24 heavy (non-hydrogen) atoms. The third-order valence-electron chi connectivity index (χ3n) is 3.78. The smallest absolute Gasteiger partial charge is 0.360 e. The van der Waals surface area contributed by atoms with Gasteiger partial charge in [0.1, 0.15) is 6.10 Å². The summed E-state index contributed by atoms with van der Waals surface area (Å²) in [6.07, 6.45) is -0.538. The molecule has 0 saturated carbocycles. The van der Waals surface area contributed by atoms with E-state index in [-0.39, 0.29) is 11.3 Å². The molecule has 0 spiro atoms. The van der Waals surface area contributed by atoms with Gasteiger partial charge in [-0.05, 0) is 19.1 Å². The molecule has 0 aliphatic heterocycles. The Morgan fingerprint density at radius 2 is 1.75 bits per heavy atom. The van der Waals surface area contributed by atoms with Crippen LogP contribution in [0.25, 0.3) is 10.8 Å². The second-order valence-corrected chi connectivity index (χ2v) is 5.80. The highest BCUT2D eigenvalue weighted by molar-refractivity contribution is 6.31. The zero-order valence-corrected chi connectivity index (χ0v) is 13.9. The lowest BCUT2D eigenvalue weighted by Crippen LogP contribution is -2.24. The second kappa shape index (κ2) is 6.45. The Hall–Kier alpha value is -2.66. The van der Waals surface area contributed by atoms with Crippen LogP contribution in [0.1, 0.15) is 29.1 Å². The Balaban J connectivity index is 1.99. The minimum Gasteiger partial charge on any atom is -0.453 e. The summed E-state index contributed by atoms with van der Waals surface area (Å²) in [5.41, 5.74) is 0.551. The van der Waals surface area contributed by atoms with Crippen molar-refractivity contribution in [1.29, 1.82) is 0 Å². The number of hydrogen-bond acceptors (Lipinski definition) is 4. The van der Waals surface area contributed by atoms with E-state index in [9.17, 15) is 9.59 Å². The van der Waals surface area contributed by atoms with Crippen molar-refractivity contribution in [3.63, 3.8) is 0 Å². The molecule has 1 atom stereocenters. The van der Waals surface area contributed by atoms with Gasteiger partial charge in [-0.1, -0.05) is 48.0 Å². The first-order valence-electron chi connectivity index (χ1n) is 7.40. The van der Waals surface area contributed by atoms with Gasteiger partial charge in [0, 0.05) is 23.0 Å². The summed E-state index contributed by atoms with van der Waals surface area (Å²) in [4.78, 5) is 24.7. The topological polar surface area (TPSA) is 61.2 Å². The van der Waals surface area contributed by atoms with Gasteiger partial charge in [0.2, 0.25) is 0 Å². The SMILES string of the molecule is CC(OC(=O)c1nn(C)c(=O)c2ccccc12)c1ccccc1Cl.